The Morgan fingerprint density at radius 2 is 2.05 bits per heavy atom. The maximum atomic E-state index is 10.0. The van der Waals surface area contributed by atoms with Gasteiger partial charge >= 0.3 is 0 Å². The second kappa shape index (κ2) is 7.10. The first-order valence-corrected chi connectivity index (χ1v) is 8.01. The first kappa shape index (κ1) is 16.1. The molecule has 0 saturated carbocycles. The summed E-state index contributed by atoms with van der Waals surface area (Å²) >= 11 is 9.28. The van der Waals surface area contributed by atoms with Crippen molar-refractivity contribution in [2.24, 2.45) is 4.99 Å². The van der Waals surface area contributed by atoms with Crippen molar-refractivity contribution in [3.05, 3.63) is 57.0 Å². The molecule has 0 radical (unpaired) electrons. The Morgan fingerprint density at radius 3 is 2.76 bits per heavy atom. The summed E-state index contributed by atoms with van der Waals surface area (Å²) in [5.41, 5.74) is 2.72. The van der Waals surface area contributed by atoms with E-state index in [1.165, 1.54) is 5.56 Å². The van der Waals surface area contributed by atoms with Crippen molar-refractivity contribution in [2.45, 2.75) is 26.2 Å². The van der Waals surface area contributed by atoms with Crippen LogP contribution in [0.2, 0.25) is 5.02 Å². The molecule has 0 unspecified atom stereocenters. The number of nitrogens with zero attached hydrogens (tertiary/aromatic N) is 1. The maximum absolute atomic E-state index is 10.0. The molecule has 0 aromatic heterocycles. The molecule has 2 aromatic rings. The Bertz CT molecular complexity index is 670. The van der Waals surface area contributed by atoms with Crippen LogP contribution in [0, 0.1) is 0 Å². The van der Waals surface area contributed by atoms with Gasteiger partial charge in [0.2, 0.25) is 0 Å². The van der Waals surface area contributed by atoms with Gasteiger partial charge in [-0.1, -0.05) is 43.6 Å². The summed E-state index contributed by atoms with van der Waals surface area (Å²) in [4.78, 5) is 4.52. The van der Waals surface area contributed by atoms with Crippen LogP contribution < -0.4 is 0 Å². The van der Waals surface area contributed by atoms with E-state index in [1.54, 1.807) is 18.3 Å². The molecule has 0 aliphatic rings. The average molecular weight is 367 g/mol. The minimum absolute atomic E-state index is 0.143. The van der Waals surface area contributed by atoms with Crippen molar-refractivity contribution in [3.8, 4) is 5.75 Å². The van der Waals surface area contributed by atoms with E-state index in [4.69, 9.17) is 11.6 Å². The van der Waals surface area contributed by atoms with E-state index in [9.17, 15) is 5.11 Å². The number of hydrogen-bond acceptors (Lipinski definition) is 2. The van der Waals surface area contributed by atoms with E-state index < -0.39 is 0 Å². The van der Waals surface area contributed by atoms with E-state index in [2.05, 4.69) is 40.8 Å². The highest BCUT2D eigenvalue weighted by Gasteiger charge is 2.09. The lowest BCUT2D eigenvalue weighted by Crippen LogP contribution is -1.92. The largest absolute Gasteiger partial charge is 0.506 e. The Hall–Kier alpha value is -1.32. The maximum Gasteiger partial charge on any atom is 0.138 e. The Kier molecular flexibility index (Phi) is 5.43. The van der Waals surface area contributed by atoms with Crippen LogP contribution in [0.4, 0.5) is 5.69 Å². The number of halogens is 2. The van der Waals surface area contributed by atoms with Crippen LogP contribution in [-0.4, -0.2) is 11.3 Å². The Labute approximate surface area is 138 Å². The van der Waals surface area contributed by atoms with Gasteiger partial charge < -0.3 is 5.11 Å². The van der Waals surface area contributed by atoms with Gasteiger partial charge in [0.05, 0.1) is 10.2 Å². The molecule has 21 heavy (non-hydrogen) atoms. The third-order valence-electron chi connectivity index (χ3n) is 3.48. The predicted molar refractivity (Wildman–Crippen MR) is 93.2 cm³/mol. The van der Waals surface area contributed by atoms with Crippen molar-refractivity contribution in [1.82, 2.24) is 0 Å². The summed E-state index contributed by atoms with van der Waals surface area (Å²) in [6, 6.07) is 11.4. The van der Waals surface area contributed by atoms with Crippen LogP contribution in [-0.2, 0) is 0 Å². The summed E-state index contributed by atoms with van der Waals surface area (Å²) in [7, 11) is 0. The second-order valence-electron chi connectivity index (χ2n) is 4.95. The number of aromatic hydroxyl groups is 1. The standard InChI is InChI=1S/C17H17BrClNO/c1-3-11(2)14-6-4-5-7-16(14)20-10-12-8-13(19)9-15(18)17(12)21/h4-11,21H,3H2,1-2H3/t11-/m1/s1. The molecule has 0 bridgehead atoms. The second-order valence-corrected chi connectivity index (χ2v) is 6.24. The molecular weight excluding hydrogens is 350 g/mol. The van der Waals surface area contributed by atoms with Crippen LogP contribution in [0.5, 0.6) is 5.75 Å². The van der Waals surface area contributed by atoms with E-state index in [0.29, 0.717) is 21.0 Å². The van der Waals surface area contributed by atoms with Crippen LogP contribution in [0.15, 0.2) is 45.9 Å². The molecule has 0 amide bonds. The van der Waals surface area contributed by atoms with Crippen LogP contribution in [0.1, 0.15) is 37.3 Å². The summed E-state index contributed by atoms with van der Waals surface area (Å²) in [5, 5.41) is 10.6. The lowest BCUT2D eigenvalue weighted by atomic mass is 9.97. The van der Waals surface area contributed by atoms with Crippen molar-refractivity contribution in [1.29, 1.82) is 0 Å². The fraction of sp³-hybridized carbons (Fsp3) is 0.235. The monoisotopic (exact) mass is 365 g/mol. The third kappa shape index (κ3) is 3.86. The lowest BCUT2D eigenvalue weighted by Gasteiger charge is -2.11. The minimum Gasteiger partial charge on any atom is -0.506 e. The summed E-state index contributed by atoms with van der Waals surface area (Å²) in [5.74, 6) is 0.585. The van der Waals surface area contributed by atoms with E-state index in [-0.39, 0.29) is 5.75 Å². The van der Waals surface area contributed by atoms with Crippen LogP contribution in [0.25, 0.3) is 0 Å². The molecule has 0 aliphatic carbocycles. The van der Waals surface area contributed by atoms with Gasteiger partial charge in [-0.2, -0.15) is 0 Å². The number of phenols is 1. The van der Waals surface area contributed by atoms with Crippen molar-refractivity contribution >= 4 is 39.4 Å². The molecule has 2 aromatic carbocycles. The van der Waals surface area contributed by atoms with Crippen LogP contribution >= 0.6 is 27.5 Å². The number of aliphatic imine (C=N–C) groups is 1. The summed E-state index contributed by atoms with van der Waals surface area (Å²) in [6.07, 6.45) is 2.70. The van der Waals surface area contributed by atoms with Gasteiger partial charge in [-0.25, -0.2) is 0 Å². The SMILES string of the molecule is CC[C@@H](C)c1ccccc1N=Cc1cc(Cl)cc(Br)c1O. The van der Waals surface area contributed by atoms with Gasteiger partial charge in [0.1, 0.15) is 5.75 Å². The molecule has 1 atom stereocenters. The minimum atomic E-state index is 0.143. The smallest absolute Gasteiger partial charge is 0.138 e. The zero-order valence-corrected chi connectivity index (χ0v) is 14.3. The van der Waals surface area contributed by atoms with E-state index in [1.807, 2.05) is 18.2 Å². The highest BCUT2D eigenvalue weighted by Crippen LogP contribution is 2.32. The molecule has 4 heteroatoms. The number of rotatable bonds is 4. The average Bonchev–Trinajstić information content (AvgIpc) is 2.49. The third-order valence-corrected chi connectivity index (χ3v) is 4.30. The topological polar surface area (TPSA) is 32.6 Å². The fourth-order valence-corrected chi connectivity index (χ4v) is 2.90. The Morgan fingerprint density at radius 1 is 1.33 bits per heavy atom. The first-order valence-electron chi connectivity index (χ1n) is 6.84. The molecule has 0 aliphatic heterocycles. The number of benzene rings is 2. The number of phenolic OH excluding ortho intramolecular Hbond substituents is 1. The van der Waals surface area contributed by atoms with E-state index >= 15 is 0 Å². The molecule has 110 valence electrons. The Balaban J connectivity index is 2.39. The summed E-state index contributed by atoms with van der Waals surface area (Å²) in [6.45, 7) is 4.34. The van der Waals surface area contributed by atoms with Gasteiger partial charge in [0.15, 0.2) is 0 Å². The van der Waals surface area contributed by atoms with Gasteiger partial charge in [-0.05, 0) is 52.0 Å². The molecule has 0 spiro atoms. The van der Waals surface area contributed by atoms with Gasteiger partial charge in [-0.15, -0.1) is 0 Å². The van der Waals surface area contributed by atoms with Gasteiger partial charge in [-0.3, -0.25) is 4.99 Å². The van der Waals surface area contributed by atoms with Crippen LogP contribution in [0.3, 0.4) is 0 Å². The first-order chi connectivity index (χ1) is 10.0. The van der Waals surface area contributed by atoms with Crippen molar-refractivity contribution in [2.75, 3.05) is 0 Å². The van der Waals surface area contributed by atoms with E-state index in [0.717, 1.165) is 12.1 Å². The molecule has 0 fully saturated rings. The van der Waals surface area contributed by atoms with Gasteiger partial charge in [0, 0.05) is 16.8 Å². The molecule has 0 saturated heterocycles. The van der Waals surface area contributed by atoms with Gasteiger partial charge in [0.25, 0.3) is 0 Å². The molecule has 2 rings (SSSR count). The number of hydrogen-bond donors (Lipinski definition) is 1. The zero-order chi connectivity index (χ0) is 15.4. The fourth-order valence-electron chi connectivity index (χ4n) is 2.07. The molecule has 0 heterocycles. The zero-order valence-electron chi connectivity index (χ0n) is 12.0. The highest BCUT2D eigenvalue weighted by molar-refractivity contribution is 9.10. The van der Waals surface area contributed by atoms with Crippen molar-refractivity contribution in [3.63, 3.8) is 0 Å². The number of para-hydroxylation sites is 1. The van der Waals surface area contributed by atoms with Crippen molar-refractivity contribution < 1.29 is 5.11 Å². The summed E-state index contributed by atoms with van der Waals surface area (Å²) < 4.78 is 0.562. The quantitative estimate of drug-likeness (QED) is 0.654. The molecule has 2 nitrogen and oxygen atoms in total. The lowest BCUT2D eigenvalue weighted by molar-refractivity contribution is 0.471. The molecule has 1 N–H and O–H groups in total. The molecular formula is C17H17BrClNO. The predicted octanol–water partition coefficient (Wildman–Crippen LogP) is 6.07. The highest BCUT2D eigenvalue weighted by atomic mass is 79.9. The normalized spacial score (nSPS) is 12.8.